The van der Waals surface area contributed by atoms with Gasteiger partial charge in [-0.2, -0.15) is 23.0 Å². The molecule has 1 N–H and O–H groups in total. The van der Waals surface area contributed by atoms with Crippen LogP contribution in [0.25, 0.3) is 0 Å². The van der Waals surface area contributed by atoms with Crippen molar-refractivity contribution in [3.05, 3.63) is 71.7 Å². The van der Waals surface area contributed by atoms with Crippen molar-refractivity contribution in [2.75, 3.05) is 26.2 Å². The number of aromatic carboxylic acids is 1. The summed E-state index contributed by atoms with van der Waals surface area (Å²) in [5.41, 5.74) is -0.146. The number of nitrogens with zero attached hydrogens (tertiary/aromatic N) is 5. The molecule has 4 rings (SSSR count). The molecule has 0 unspecified atom stereocenters. The van der Waals surface area contributed by atoms with Crippen molar-refractivity contribution >= 4 is 12.0 Å². The van der Waals surface area contributed by atoms with Gasteiger partial charge in [-0.1, -0.05) is 26.0 Å². The van der Waals surface area contributed by atoms with Crippen LogP contribution < -0.4 is 4.74 Å². The Bertz CT molecular complexity index is 1190. The summed E-state index contributed by atoms with van der Waals surface area (Å²) in [5.74, 6) is -0.985. The predicted octanol–water partition coefficient (Wildman–Crippen LogP) is 4.60. The van der Waals surface area contributed by atoms with E-state index < -0.39 is 23.7 Å². The molecular formula is C24H26F3N5O4. The number of piperazine rings is 1. The van der Waals surface area contributed by atoms with Crippen molar-refractivity contribution in [2.24, 2.45) is 0 Å². The van der Waals surface area contributed by atoms with Gasteiger partial charge in [-0.3, -0.25) is 4.90 Å². The number of amides is 1. The van der Waals surface area contributed by atoms with E-state index >= 15 is 0 Å². The molecule has 1 amide bonds. The number of halogens is 3. The highest BCUT2D eigenvalue weighted by Crippen LogP contribution is 2.31. The molecule has 2 aromatic heterocycles. The number of alkyl halides is 3. The number of carboxylic acid groups (broad SMARTS) is 1. The highest BCUT2D eigenvalue weighted by atomic mass is 19.4. The lowest BCUT2D eigenvalue weighted by atomic mass is 10.2. The SMILES string of the molecule is CC.O=C(O)c1ccn(C(=O)N2CCN(Cc3cccc(Oc4cc(C(F)(F)F)ccn4)c3)CC2)n1. The fourth-order valence-corrected chi connectivity index (χ4v) is 3.51. The van der Waals surface area contributed by atoms with E-state index in [1.165, 1.54) is 12.3 Å². The molecule has 36 heavy (non-hydrogen) atoms. The number of ether oxygens (including phenoxy) is 1. The van der Waals surface area contributed by atoms with Crippen LogP contribution in [0, 0.1) is 0 Å². The van der Waals surface area contributed by atoms with Gasteiger partial charge in [0, 0.05) is 51.2 Å². The second-order valence-corrected chi connectivity index (χ2v) is 7.63. The van der Waals surface area contributed by atoms with Crippen LogP contribution in [0.2, 0.25) is 0 Å². The lowest BCUT2D eigenvalue weighted by Gasteiger charge is -2.34. The second kappa shape index (κ2) is 11.7. The molecule has 9 nitrogen and oxygen atoms in total. The zero-order chi connectivity index (χ0) is 26.3. The zero-order valence-corrected chi connectivity index (χ0v) is 19.8. The number of rotatable bonds is 5. The summed E-state index contributed by atoms with van der Waals surface area (Å²) in [6, 6.07) is 9.59. The third-order valence-corrected chi connectivity index (χ3v) is 5.24. The fourth-order valence-electron chi connectivity index (χ4n) is 3.51. The molecule has 0 radical (unpaired) electrons. The normalized spacial score (nSPS) is 14.1. The van der Waals surface area contributed by atoms with E-state index in [9.17, 15) is 22.8 Å². The molecule has 12 heteroatoms. The van der Waals surface area contributed by atoms with Crippen LogP contribution >= 0.6 is 0 Å². The lowest BCUT2D eigenvalue weighted by molar-refractivity contribution is -0.137. The van der Waals surface area contributed by atoms with E-state index in [0.717, 1.165) is 28.6 Å². The van der Waals surface area contributed by atoms with Gasteiger partial charge in [0.25, 0.3) is 0 Å². The first-order chi connectivity index (χ1) is 17.2. The smallest absolute Gasteiger partial charge is 0.416 e. The van der Waals surface area contributed by atoms with E-state index in [1.54, 1.807) is 23.1 Å². The van der Waals surface area contributed by atoms with E-state index in [4.69, 9.17) is 9.84 Å². The Hall–Kier alpha value is -3.93. The third kappa shape index (κ3) is 6.81. The second-order valence-electron chi connectivity index (χ2n) is 7.63. The van der Waals surface area contributed by atoms with Crippen LogP contribution in [0.5, 0.6) is 11.6 Å². The van der Waals surface area contributed by atoms with Crippen LogP contribution in [0.4, 0.5) is 18.0 Å². The number of hydrogen-bond donors (Lipinski definition) is 1. The van der Waals surface area contributed by atoms with Crippen molar-refractivity contribution in [3.63, 3.8) is 0 Å². The molecule has 1 aliphatic heterocycles. The van der Waals surface area contributed by atoms with Crippen molar-refractivity contribution < 1.29 is 32.6 Å². The minimum Gasteiger partial charge on any atom is -0.476 e. The lowest BCUT2D eigenvalue weighted by Crippen LogP contribution is -2.49. The Morgan fingerprint density at radius 2 is 1.78 bits per heavy atom. The summed E-state index contributed by atoms with van der Waals surface area (Å²) in [6.45, 7) is 6.59. The van der Waals surface area contributed by atoms with Crippen molar-refractivity contribution in [2.45, 2.75) is 26.6 Å². The van der Waals surface area contributed by atoms with Crippen molar-refractivity contribution in [1.29, 1.82) is 0 Å². The number of pyridine rings is 1. The number of benzene rings is 1. The zero-order valence-electron chi connectivity index (χ0n) is 19.8. The molecule has 1 saturated heterocycles. The highest BCUT2D eigenvalue weighted by Gasteiger charge is 2.31. The molecule has 3 heterocycles. The van der Waals surface area contributed by atoms with Gasteiger partial charge in [0.05, 0.1) is 5.56 Å². The Morgan fingerprint density at radius 1 is 1.06 bits per heavy atom. The third-order valence-electron chi connectivity index (χ3n) is 5.24. The molecule has 0 spiro atoms. The Labute approximate surface area is 205 Å². The molecule has 0 atom stereocenters. The molecule has 1 aliphatic rings. The molecule has 192 valence electrons. The standard InChI is InChI=1S/C22H20F3N5O4.C2H6/c23-22(24,25)16-4-6-26-19(13-16)34-17-3-1-2-15(12-17)14-28-8-10-29(11-9-28)21(33)30-7-5-18(27-30)20(31)32;1-2/h1-7,12-13H,8-11,14H2,(H,31,32);1-2H3. The van der Waals surface area contributed by atoms with Gasteiger partial charge in [0.1, 0.15) is 5.75 Å². The number of aromatic nitrogens is 3. The quantitative estimate of drug-likeness (QED) is 0.541. The number of hydrogen-bond acceptors (Lipinski definition) is 6. The first-order valence-electron chi connectivity index (χ1n) is 11.3. The van der Waals surface area contributed by atoms with Crippen LogP contribution in [-0.4, -0.2) is 67.9 Å². The van der Waals surface area contributed by atoms with Gasteiger partial charge in [-0.15, -0.1) is 0 Å². The van der Waals surface area contributed by atoms with E-state index in [1.807, 2.05) is 19.9 Å². The van der Waals surface area contributed by atoms with Gasteiger partial charge in [0.15, 0.2) is 5.69 Å². The fraction of sp³-hybridized carbons (Fsp3) is 0.333. The Morgan fingerprint density at radius 3 is 2.42 bits per heavy atom. The molecule has 0 saturated carbocycles. The van der Waals surface area contributed by atoms with Crippen LogP contribution in [0.15, 0.2) is 54.9 Å². The van der Waals surface area contributed by atoms with Gasteiger partial charge >= 0.3 is 18.2 Å². The minimum atomic E-state index is -4.48. The van der Waals surface area contributed by atoms with Crippen molar-refractivity contribution in [1.82, 2.24) is 24.6 Å². The van der Waals surface area contributed by atoms with Crippen LogP contribution in [-0.2, 0) is 12.7 Å². The molecule has 3 aromatic rings. The monoisotopic (exact) mass is 505 g/mol. The maximum absolute atomic E-state index is 12.9. The summed E-state index contributed by atoms with van der Waals surface area (Å²) in [5, 5.41) is 12.7. The van der Waals surface area contributed by atoms with Gasteiger partial charge in [-0.05, 0) is 29.8 Å². The average Bonchev–Trinajstić information content (AvgIpc) is 3.36. The van der Waals surface area contributed by atoms with Gasteiger partial charge in [0.2, 0.25) is 5.88 Å². The summed E-state index contributed by atoms with van der Waals surface area (Å²) in [4.78, 5) is 31.0. The Kier molecular flexibility index (Phi) is 8.64. The summed E-state index contributed by atoms with van der Waals surface area (Å²) in [7, 11) is 0. The first kappa shape index (κ1) is 26.7. The van der Waals surface area contributed by atoms with Gasteiger partial charge in [-0.25, -0.2) is 14.6 Å². The molecule has 0 bridgehead atoms. The predicted molar refractivity (Wildman–Crippen MR) is 124 cm³/mol. The van der Waals surface area contributed by atoms with Crippen molar-refractivity contribution in [3.8, 4) is 11.6 Å². The molecule has 0 aliphatic carbocycles. The molecular weight excluding hydrogens is 479 g/mol. The number of carboxylic acids is 1. The minimum absolute atomic E-state index is 0.149. The highest BCUT2D eigenvalue weighted by molar-refractivity contribution is 5.86. The van der Waals surface area contributed by atoms with E-state index in [-0.39, 0.29) is 11.6 Å². The summed E-state index contributed by atoms with van der Waals surface area (Å²) >= 11 is 0. The summed E-state index contributed by atoms with van der Waals surface area (Å²) < 4.78 is 45.2. The average molecular weight is 505 g/mol. The largest absolute Gasteiger partial charge is 0.476 e. The first-order valence-corrected chi connectivity index (χ1v) is 11.3. The maximum Gasteiger partial charge on any atom is 0.416 e. The van der Waals surface area contributed by atoms with Crippen LogP contribution in [0.1, 0.15) is 35.5 Å². The van der Waals surface area contributed by atoms with E-state index in [2.05, 4.69) is 15.0 Å². The molecule has 1 fully saturated rings. The topological polar surface area (TPSA) is 101 Å². The summed E-state index contributed by atoms with van der Waals surface area (Å²) in [6.07, 6.45) is -2.11. The Balaban J connectivity index is 0.00000176. The van der Waals surface area contributed by atoms with E-state index in [0.29, 0.717) is 38.5 Å². The number of carbonyl (C=O) groups is 2. The maximum atomic E-state index is 12.9. The van der Waals surface area contributed by atoms with Crippen LogP contribution in [0.3, 0.4) is 0 Å². The number of carbonyl (C=O) groups excluding carboxylic acids is 1. The van der Waals surface area contributed by atoms with Gasteiger partial charge < -0.3 is 14.7 Å². The molecule has 1 aromatic carbocycles.